The Labute approximate surface area is 83.7 Å². The van der Waals surface area contributed by atoms with Crippen molar-refractivity contribution in [2.24, 2.45) is 10.8 Å². The van der Waals surface area contributed by atoms with Gasteiger partial charge >= 0.3 is 0 Å². The van der Waals surface area contributed by atoms with Gasteiger partial charge < -0.3 is 0 Å². The molecule has 0 radical (unpaired) electrons. The molecule has 0 bridgehead atoms. The Morgan fingerprint density at radius 3 is 1.64 bits per heavy atom. The molecule has 14 heavy (non-hydrogen) atoms. The molecular formula is C12H14O2. The first-order valence-electron chi connectivity index (χ1n) is 4.89. The maximum absolute atomic E-state index is 11.3. The van der Waals surface area contributed by atoms with Gasteiger partial charge in [-0.3, -0.25) is 9.59 Å². The van der Waals surface area contributed by atoms with Crippen molar-refractivity contribution in [2.75, 3.05) is 0 Å². The lowest BCUT2D eigenvalue weighted by Crippen LogP contribution is -2.42. The molecule has 2 atom stereocenters. The number of rotatable bonds is 0. The van der Waals surface area contributed by atoms with Gasteiger partial charge in [-0.1, -0.05) is 26.0 Å². The molecule has 0 aromatic rings. The Kier molecular flexibility index (Phi) is 1.78. The Balaban J connectivity index is 2.50. The Bertz CT molecular complexity index is 329. The molecule has 0 heterocycles. The third kappa shape index (κ3) is 1.17. The molecule has 2 rings (SSSR count). The van der Waals surface area contributed by atoms with Crippen LogP contribution < -0.4 is 0 Å². The van der Waals surface area contributed by atoms with Crippen molar-refractivity contribution in [1.82, 2.24) is 0 Å². The van der Waals surface area contributed by atoms with Crippen LogP contribution in [0.4, 0.5) is 0 Å². The molecule has 0 saturated carbocycles. The lowest BCUT2D eigenvalue weighted by atomic mass is 9.56. The van der Waals surface area contributed by atoms with Gasteiger partial charge in [0.25, 0.3) is 0 Å². The minimum absolute atomic E-state index is 0.156. The summed E-state index contributed by atoms with van der Waals surface area (Å²) < 4.78 is 0. The van der Waals surface area contributed by atoms with E-state index in [1.807, 2.05) is 12.2 Å². The van der Waals surface area contributed by atoms with Crippen molar-refractivity contribution in [3.8, 4) is 0 Å². The highest BCUT2D eigenvalue weighted by Crippen LogP contribution is 2.51. The lowest BCUT2D eigenvalue weighted by molar-refractivity contribution is -0.123. The molecular weight excluding hydrogens is 176 g/mol. The number of allylic oxidation sites excluding steroid dienone is 4. The Morgan fingerprint density at radius 1 is 0.929 bits per heavy atom. The second-order valence-electron chi connectivity index (χ2n) is 4.79. The highest BCUT2D eigenvalue weighted by atomic mass is 16.1. The summed E-state index contributed by atoms with van der Waals surface area (Å²) in [6.07, 6.45) is 8.08. The van der Waals surface area contributed by atoms with Gasteiger partial charge in [-0.05, 0) is 12.2 Å². The summed E-state index contributed by atoms with van der Waals surface area (Å²) >= 11 is 0. The van der Waals surface area contributed by atoms with Crippen molar-refractivity contribution >= 4 is 11.6 Å². The zero-order valence-corrected chi connectivity index (χ0v) is 8.54. The van der Waals surface area contributed by atoms with Gasteiger partial charge in [0.1, 0.15) is 0 Å². The number of ketones is 2. The third-order valence-corrected chi connectivity index (χ3v) is 3.66. The standard InChI is InChI=1S/C12H14O2/c1-11-5-3-10(14)8-12(11,2)6-4-9(13)7-11/h3-6H,7-8H2,1-2H3/t11-,12-/m0/s1. The molecule has 2 aliphatic carbocycles. The maximum Gasteiger partial charge on any atom is 0.156 e. The molecule has 0 N–H and O–H groups in total. The first kappa shape index (κ1) is 9.38. The SMILES string of the molecule is C[C@@]12C=CC(=O)C[C@]1(C)C=CC(=O)C2. The summed E-state index contributed by atoms with van der Waals surface area (Å²) in [4.78, 5) is 22.7. The van der Waals surface area contributed by atoms with E-state index < -0.39 is 0 Å². The molecule has 2 nitrogen and oxygen atoms in total. The fraction of sp³-hybridized carbons (Fsp3) is 0.500. The van der Waals surface area contributed by atoms with Gasteiger partial charge in [0.2, 0.25) is 0 Å². The van der Waals surface area contributed by atoms with Crippen molar-refractivity contribution in [3.63, 3.8) is 0 Å². The minimum atomic E-state index is -0.174. The van der Waals surface area contributed by atoms with Crippen molar-refractivity contribution in [3.05, 3.63) is 24.3 Å². The molecule has 0 aromatic heterocycles. The van der Waals surface area contributed by atoms with E-state index in [4.69, 9.17) is 0 Å². The fourth-order valence-electron chi connectivity index (χ4n) is 2.30. The van der Waals surface area contributed by atoms with Crippen LogP contribution in [0.5, 0.6) is 0 Å². The van der Waals surface area contributed by atoms with Gasteiger partial charge in [-0.15, -0.1) is 0 Å². The normalized spacial score (nSPS) is 41.3. The van der Waals surface area contributed by atoms with Crippen LogP contribution in [0.3, 0.4) is 0 Å². The van der Waals surface area contributed by atoms with Crippen LogP contribution >= 0.6 is 0 Å². The summed E-state index contributed by atoms with van der Waals surface area (Å²) in [5, 5.41) is 0. The number of carbonyl (C=O) groups excluding carboxylic acids is 2. The summed E-state index contributed by atoms with van der Waals surface area (Å²) in [5.74, 6) is 0.313. The van der Waals surface area contributed by atoms with Crippen LogP contribution in [-0.4, -0.2) is 11.6 Å². The summed E-state index contributed by atoms with van der Waals surface area (Å²) in [6.45, 7) is 4.11. The van der Waals surface area contributed by atoms with Gasteiger partial charge in [-0.2, -0.15) is 0 Å². The third-order valence-electron chi connectivity index (χ3n) is 3.66. The summed E-state index contributed by atoms with van der Waals surface area (Å²) in [7, 11) is 0. The minimum Gasteiger partial charge on any atom is -0.295 e. The van der Waals surface area contributed by atoms with E-state index in [0.717, 1.165) is 0 Å². The zero-order chi connectivity index (χ0) is 10.4. The molecule has 0 unspecified atom stereocenters. The van der Waals surface area contributed by atoms with Gasteiger partial charge in [0, 0.05) is 23.7 Å². The predicted molar refractivity (Wildman–Crippen MR) is 53.7 cm³/mol. The second-order valence-corrected chi connectivity index (χ2v) is 4.79. The van der Waals surface area contributed by atoms with Gasteiger partial charge in [-0.25, -0.2) is 0 Å². The predicted octanol–water partition coefficient (Wildman–Crippen LogP) is 2.06. The first-order chi connectivity index (χ1) is 6.45. The molecule has 0 fully saturated rings. The highest BCUT2D eigenvalue weighted by Gasteiger charge is 2.47. The first-order valence-corrected chi connectivity index (χ1v) is 4.89. The summed E-state index contributed by atoms with van der Waals surface area (Å²) in [5.41, 5.74) is -0.348. The average molecular weight is 190 g/mol. The molecule has 0 aliphatic heterocycles. The van der Waals surface area contributed by atoms with Gasteiger partial charge in [0.05, 0.1) is 0 Å². The number of carbonyl (C=O) groups is 2. The van der Waals surface area contributed by atoms with E-state index in [0.29, 0.717) is 12.8 Å². The van der Waals surface area contributed by atoms with Crippen molar-refractivity contribution < 1.29 is 9.59 Å². The second kappa shape index (κ2) is 2.66. The van der Waals surface area contributed by atoms with Crippen LogP contribution in [-0.2, 0) is 9.59 Å². The molecule has 0 saturated heterocycles. The van der Waals surface area contributed by atoms with Crippen molar-refractivity contribution in [2.45, 2.75) is 26.7 Å². The topological polar surface area (TPSA) is 34.1 Å². The molecule has 2 heteroatoms. The molecule has 74 valence electrons. The zero-order valence-electron chi connectivity index (χ0n) is 8.54. The van der Waals surface area contributed by atoms with E-state index in [1.165, 1.54) is 0 Å². The van der Waals surface area contributed by atoms with E-state index >= 15 is 0 Å². The van der Waals surface area contributed by atoms with E-state index in [1.54, 1.807) is 12.2 Å². The molecule has 0 spiro atoms. The van der Waals surface area contributed by atoms with Crippen LogP contribution in [0.15, 0.2) is 24.3 Å². The van der Waals surface area contributed by atoms with Crippen LogP contribution in [0.2, 0.25) is 0 Å². The lowest BCUT2D eigenvalue weighted by Gasteiger charge is -2.46. The average Bonchev–Trinajstić information content (AvgIpc) is 2.08. The van der Waals surface area contributed by atoms with E-state index in [-0.39, 0.29) is 22.4 Å². The fourth-order valence-corrected chi connectivity index (χ4v) is 2.30. The smallest absolute Gasteiger partial charge is 0.156 e. The van der Waals surface area contributed by atoms with E-state index in [9.17, 15) is 9.59 Å². The molecule has 2 aliphatic rings. The maximum atomic E-state index is 11.3. The number of hydrogen-bond donors (Lipinski definition) is 0. The monoisotopic (exact) mass is 190 g/mol. The Morgan fingerprint density at radius 2 is 1.29 bits per heavy atom. The van der Waals surface area contributed by atoms with Crippen molar-refractivity contribution in [1.29, 1.82) is 0 Å². The highest BCUT2D eigenvalue weighted by molar-refractivity contribution is 5.95. The molecule has 0 amide bonds. The molecule has 0 aromatic carbocycles. The summed E-state index contributed by atoms with van der Waals surface area (Å²) in [6, 6.07) is 0. The Hall–Kier alpha value is -1.18. The van der Waals surface area contributed by atoms with Crippen LogP contribution in [0.25, 0.3) is 0 Å². The van der Waals surface area contributed by atoms with Crippen LogP contribution in [0, 0.1) is 10.8 Å². The van der Waals surface area contributed by atoms with Gasteiger partial charge in [0.15, 0.2) is 11.6 Å². The number of hydrogen-bond acceptors (Lipinski definition) is 2. The largest absolute Gasteiger partial charge is 0.295 e. The quantitative estimate of drug-likeness (QED) is 0.586. The number of fused-ring (bicyclic) bond motifs is 1. The van der Waals surface area contributed by atoms with Crippen LogP contribution in [0.1, 0.15) is 26.7 Å². The van der Waals surface area contributed by atoms with E-state index in [2.05, 4.69) is 13.8 Å².